The fourth-order valence-corrected chi connectivity index (χ4v) is 3.02. The number of carbonyl (C=O) groups is 1. The molecule has 1 unspecified atom stereocenters. The summed E-state index contributed by atoms with van der Waals surface area (Å²) in [7, 11) is -4.22. The first-order chi connectivity index (χ1) is 9.81. The third kappa shape index (κ3) is 3.26. The summed E-state index contributed by atoms with van der Waals surface area (Å²) >= 11 is 0. The Morgan fingerprint density at radius 2 is 2.19 bits per heavy atom. The topological polar surface area (TPSA) is 112 Å². The predicted molar refractivity (Wildman–Crippen MR) is 70.7 cm³/mol. The Balaban J connectivity index is 2.35. The molecule has 21 heavy (non-hydrogen) atoms. The van der Waals surface area contributed by atoms with E-state index < -0.39 is 32.7 Å². The first-order valence-corrected chi connectivity index (χ1v) is 7.34. The van der Waals surface area contributed by atoms with Crippen LogP contribution in [0.3, 0.4) is 0 Å². The van der Waals surface area contributed by atoms with Gasteiger partial charge in [-0.3, -0.25) is 0 Å². The van der Waals surface area contributed by atoms with Crippen molar-refractivity contribution in [1.29, 1.82) is 0 Å². The maximum atomic E-state index is 13.7. The number of aromatic nitrogens is 2. The van der Waals surface area contributed by atoms with Gasteiger partial charge in [0, 0.05) is 12.4 Å². The van der Waals surface area contributed by atoms with Gasteiger partial charge in [-0.05, 0) is 25.1 Å². The highest BCUT2D eigenvalue weighted by atomic mass is 32.2. The Morgan fingerprint density at radius 3 is 2.76 bits per heavy atom. The molecule has 7 nitrogen and oxygen atoms in total. The Morgan fingerprint density at radius 1 is 1.48 bits per heavy atom. The maximum absolute atomic E-state index is 13.7. The number of sulfonamides is 1. The number of hydrogen-bond donors (Lipinski definition) is 3. The van der Waals surface area contributed by atoms with E-state index in [-0.39, 0.29) is 5.56 Å². The van der Waals surface area contributed by atoms with E-state index in [0.29, 0.717) is 5.82 Å². The average Bonchev–Trinajstić information content (AvgIpc) is 2.92. The van der Waals surface area contributed by atoms with Crippen molar-refractivity contribution in [2.75, 3.05) is 0 Å². The lowest BCUT2D eigenvalue weighted by atomic mass is 10.2. The zero-order chi connectivity index (χ0) is 15.6. The molecule has 112 valence electrons. The Kier molecular flexibility index (Phi) is 4.05. The number of hydrogen-bond acceptors (Lipinski definition) is 4. The molecule has 9 heteroatoms. The van der Waals surface area contributed by atoms with E-state index in [1.165, 1.54) is 19.3 Å². The number of halogens is 1. The highest BCUT2D eigenvalue weighted by Gasteiger charge is 2.24. The van der Waals surface area contributed by atoms with Crippen molar-refractivity contribution in [2.24, 2.45) is 0 Å². The van der Waals surface area contributed by atoms with Gasteiger partial charge >= 0.3 is 5.97 Å². The van der Waals surface area contributed by atoms with Gasteiger partial charge in [-0.1, -0.05) is 0 Å². The monoisotopic (exact) mass is 313 g/mol. The molecule has 0 aliphatic carbocycles. The molecule has 0 spiro atoms. The van der Waals surface area contributed by atoms with Crippen molar-refractivity contribution >= 4 is 16.0 Å². The van der Waals surface area contributed by atoms with Crippen molar-refractivity contribution in [3.63, 3.8) is 0 Å². The second-order valence-electron chi connectivity index (χ2n) is 4.27. The van der Waals surface area contributed by atoms with E-state index in [9.17, 15) is 17.6 Å². The molecule has 0 radical (unpaired) electrons. The first kappa shape index (κ1) is 15.1. The molecule has 2 aromatic rings. The van der Waals surface area contributed by atoms with E-state index in [0.717, 1.165) is 18.2 Å². The minimum absolute atomic E-state index is 0.317. The van der Waals surface area contributed by atoms with Crippen LogP contribution in [0.2, 0.25) is 0 Å². The quantitative estimate of drug-likeness (QED) is 0.770. The zero-order valence-electron chi connectivity index (χ0n) is 10.9. The molecule has 1 aromatic carbocycles. The number of benzene rings is 1. The smallest absolute Gasteiger partial charge is 0.335 e. The summed E-state index contributed by atoms with van der Waals surface area (Å²) in [6.07, 6.45) is 2.97. The van der Waals surface area contributed by atoms with Crippen LogP contribution >= 0.6 is 0 Å². The largest absolute Gasteiger partial charge is 0.478 e. The van der Waals surface area contributed by atoms with Gasteiger partial charge in [0.05, 0.1) is 11.6 Å². The molecule has 2 rings (SSSR count). The van der Waals surface area contributed by atoms with Crippen LogP contribution in [0.25, 0.3) is 0 Å². The number of nitrogens with zero attached hydrogens (tertiary/aromatic N) is 1. The number of carboxylic acid groups (broad SMARTS) is 1. The summed E-state index contributed by atoms with van der Waals surface area (Å²) in [4.78, 5) is 16.7. The zero-order valence-corrected chi connectivity index (χ0v) is 11.7. The average molecular weight is 313 g/mol. The lowest BCUT2D eigenvalue weighted by molar-refractivity contribution is 0.0696. The van der Waals surface area contributed by atoms with Crippen molar-refractivity contribution in [3.05, 3.63) is 47.8 Å². The number of imidazole rings is 1. The van der Waals surface area contributed by atoms with Gasteiger partial charge in [-0.25, -0.2) is 27.3 Å². The second kappa shape index (κ2) is 5.62. The Labute approximate surface area is 119 Å². The number of aromatic amines is 1. The first-order valence-electron chi connectivity index (χ1n) is 5.85. The molecule has 0 fully saturated rings. The maximum Gasteiger partial charge on any atom is 0.335 e. The van der Waals surface area contributed by atoms with Crippen molar-refractivity contribution in [1.82, 2.24) is 14.7 Å². The Bertz CT molecular complexity index is 759. The molecular formula is C12H12FN3O4S. The van der Waals surface area contributed by atoms with Gasteiger partial charge in [0.1, 0.15) is 16.5 Å². The standard InChI is InChI=1S/C12H12FN3O4S/c1-7(11-14-4-5-15-11)16-21(19,20)10-6-8(12(17)18)2-3-9(10)13/h2-7,16H,1H3,(H,14,15)(H,17,18). The molecule has 3 N–H and O–H groups in total. The van der Waals surface area contributed by atoms with Crippen molar-refractivity contribution < 1.29 is 22.7 Å². The van der Waals surface area contributed by atoms with Crippen molar-refractivity contribution in [3.8, 4) is 0 Å². The van der Waals surface area contributed by atoms with E-state index >= 15 is 0 Å². The van der Waals surface area contributed by atoms with E-state index in [1.807, 2.05) is 0 Å². The van der Waals surface area contributed by atoms with Crippen LogP contribution in [0.5, 0.6) is 0 Å². The van der Waals surface area contributed by atoms with E-state index in [2.05, 4.69) is 14.7 Å². The normalized spacial score (nSPS) is 13.0. The molecule has 0 aliphatic rings. The summed E-state index contributed by atoms with van der Waals surface area (Å²) in [5.74, 6) is -2.02. The molecule has 0 saturated heterocycles. The number of rotatable bonds is 5. The molecular weight excluding hydrogens is 301 g/mol. The number of H-pyrrole nitrogens is 1. The predicted octanol–water partition coefficient (Wildman–Crippen LogP) is 1.29. The van der Waals surface area contributed by atoms with Crippen LogP contribution in [0, 0.1) is 5.82 Å². The van der Waals surface area contributed by atoms with Gasteiger partial charge in [-0.2, -0.15) is 0 Å². The highest BCUT2D eigenvalue weighted by molar-refractivity contribution is 7.89. The van der Waals surface area contributed by atoms with Crippen LogP contribution in [-0.2, 0) is 10.0 Å². The molecule has 1 atom stereocenters. The Hall–Kier alpha value is -2.26. The van der Waals surface area contributed by atoms with Gasteiger partial charge in [-0.15, -0.1) is 0 Å². The van der Waals surface area contributed by atoms with E-state index in [4.69, 9.17) is 5.11 Å². The van der Waals surface area contributed by atoms with Crippen LogP contribution in [0.4, 0.5) is 4.39 Å². The number of carboxylic acids is 1. The summed E-state index contributed by atoms with van der Waals surface area (Å²) in [6, 6.07) is 1.84. The van der Waals surface area contributed by atoms with Crippen molar-refractivity contribution in [2.45, 2.75) is 17.9 Å². The summed E-state index contributed by atoms with van der Waals surface area (Å²) in [5, 5.41) is 8.85. The fraction of sp³-hybridized carbons (Fsp3) is 0.167. The molecule has 0 bridgehead atoms. The summed E-state index contributed by atoms with van der Waals surface area (Å²) < 4.78 is 40.2. The molecule has 1 aromatic heterocycles. The van der Waals surface area contributed by atoms with Gasteiger partial charge in [0.2, 0.25) is 10.0 Å². The van der Waals surface area contributed by atoms with Crippen LogP contribution in [-0.4, -0.2) is 29.5 Å². The molecule has 1 heterocycles. The minimum atomic E-state index is -4.22. The SMILES string of the molecule is CC(NS(=O)(=O)c1cc(C(=O)O)ccc1F)c1ncc[nH]1. The second-order valence-corrected chi connectivity index (χ2v) is 5.95. The van der Waals surface area contributed by atoms with Crippen LogP contribution in [0.1, 0.15) is 29.1 Å². The lowest BCUT2D eigenvalue weighted by Gasteiger charge is -2.13. The molecule has 0 saturated carbocycles. The molecule has 0 amide bonds. The van der Waals surface area contributed by atoms with E-state index in [1.54, 1.807) is 0 Å². The third-order valence-corrected chi connectivity index (χ3v) is 4.28. The van der Waals surface area contributed by atoms with Crippen LogP contribution < -0.4 is 4.72 Å². The van der Waals surface area contributed by atoms with Gasteiger partial charge in [0.15, 0.2) is 0 Å². The molecule has 0 aliphatic heterocycles. The summed E-state index contributed by atoms with van der Waals surface area (Å²) in [5.41, 5.74) is -0.317. The summed E-state index contributed by atoms with van der Waals surface area (Å²) in [6.45, 7) is 1.52. The highest BCUT2D eigenvalue weighted by Crippen LogP contribution is 2.19. The van der Waals surface area contributed by atoms with Gasteiger partial charge < -0.3 is 10.1 Å². The number of nitrogens with one attached hydrogen (secondary N) is 2. The third-order valence-electron chi connectivity index (χ3n) is 2.73. The lowest BCUT2D eigenvalue weighted by Crippen LogP contribution is -2.28. The van der Waals surface area contributed by atoms with Crippen LogP contribution in [0.15, 0.2) is 35.5 Å². The minimum Gasteiger partial charge on any atom is -0.478 e. The fourth-order valence-electron chi connectivity index (χ4n) is 1.71. The van der Waals surface area contributed by atoms with Gasteiger partial charge in [0.25, 0.3) is 0 Å². The number of aromatic carboxylic acids is 1.